The molecule has 6 nitrogen and oxygen atoms in total. The molecule has 7 heteroatoms. The zero-order chi connectivity index (χ0) is 17.7. The van der Waals surface area contributed by atoms with Crippen LogP contribution in [0.25, 0.3) is 0 Å². The normalized spacial score (nSPS) is 16.7. The lowest BCUT2D eigenvalue weighted by atomic mass is 10.1. The van der Waals surface area contributed by atoms with Crippen molar-refractivity contribution in [3.63, 3.8) is 0 Å². The summed E-state index contributed by atoms with van der Waals surface area (Å²) in [6, 6.07) is 12.2. The number of pyridine rings is 1. The van der Waals surface area contributed by atoms with Crippen molar-refractivity contribution in [1.29, 1.82) is 0 Å². The summed E-state index contributed by atoms with van der Waals surface area (Å²) in [5.74, 6) is 0.176. The third-order valence-electron chi connectivity index (χ3n) is 4.37. The Morgan fingerprint density at radius 1 is 1.08 bits per heavy atom. The minimum absolute atomic E-state index is 0.176. The summed E-state index contributed by atoms with van der Waals surface area (Å²) in [5, 5.41) is 3.35. The van der Waals surface area contributed by atoms with Gasteiger partial charge < -0.3 is 5.32 Å². The molecular weight excluding hydrogens is 336 g/mol. The van der Waals surface area contributed by atoms with E-state index >= 15 is 0 Å². The molecule has 1 saturated heterocycles. The molecule has 2 heterocycles. The molecule has 0 spiro atoms. The van der Waals surface area contributed by atoms with Gasteiger partial charge in [-0.05, 0) is 36.8 Å². The molecular formula is C18H24N4O2S. The monoisotopic (exact) mass is 360 g/mol. The Kier molecular flexibility index (Phi) is 5.67. The van der Waals surface area contributed by atoms with Gasteiger partial charge in [-0.15, -0.1) is 0 Å². The van der Waals surface area contributed by atoms with Gasteiger partial charge in [-0.1, -0.05) is 12.1 Å². The van der Waals surface area contributed by atoms with Gasteiger partial charge in [0.1, 0.15) is 0 Å². The van der Waals surface area contributed by atoms with Crippen LogP contribution in [0, 0.1) is 0 Å². The molecule has 1 aliphatic heterocycles. The number of nitrogens with zero attached hydrogens (tertiary/aromatic N) is 3. The Hall–Kier alpha value is -1.96. The fourth-order valence-corrected chi connectivity index (χ4v) is 4.04. The fourth-order valence-electron chi connectivity index (χ4n) is 2.96. The molecule has 2 aromatic rings. The number of anilines is 2. The van der Waals surface area contributed by atoms with Gasteiger partial charge in [0.15, 0.2) is 0 Å². The van der Waals surface area contributed by atoms with Crippen LogP contribution >= 0.6 is 0 Å². The second-order valence-electron chi connectivity index (χ2n) is 6.14. The van der Waals surface area contributed by atoms with Crippen molar-refractivity contribution >= 4 is 21.4 Å². The Labute approximate surface area is 149 Å². The topological polar surface area (TPSA) is 65.5 Å². The molecule has 134 valence electrons. The SMILES string of the molecule is CCS(=O)(=O)N1CCN(Cc2cccc(Nc3cccnc3)c2)CC1. The quantitative estimate of drug-likeness (QED) is 0.856. The first kappa shape index (κ1) is 17.8. The van der Waals surface area contributed by atoms with Crippen LogP contribution in [0.2, 0.25) is 0 Å². The fraction of sp³-hybridized carbons (Fsp3) is 0.389. The van der Waals surface area contributed by atoms with E-state index in [2.05, 4.69) is 27.3 Å². The van der Waals surface area contributed by atoms with Crippen LogP contribution in [0.1, 0.15) is 12.5 Å². The number of benzene rings is 1. The predicted molar refractivity (Wildman–Crippen MR) is 100 cm³/mol. The van der Waals surface area contributed by atoms with Crippen LogP contribution < -0.4 is 5.32 Å². The van der Waals surface area contributed by atoms with E-state index in [4.69, 9.17) is 0 Å². The lowest BCUT2D eigenvalue weighted by Crippen LogP contribution is -2.48. The molecule has 0 radical (unpaired) electrons. The Morgan fingerprint density at radius 3 is 2.52 bits per heavy atom. The van der Waals surface area contributed by atoms with E-state index < -0.39 is 10.0 Å². The highest BCUT2D eigenvalue weighted by Gasteiger charge is 2.25. The van der Waals surface area contributed by atoms with Gasteiger partial charge in [-0.25, -0.2) is 8.42 Å². The summed E-state index contributed by atoms with van der Waals surface area (Å²) < 4.78 is 25.5. The van der Waals surface area contributed by atoms with E-state index in [0.717, 1.165) is 31.0 Å². The van der Waals surface area contributed by atoms with E-state index in [1.165, 1.54) is 5.56 Å². The molecule has 0 bridgehead atoms. The first-order valence-corrected chi connectivity index (χ1v) is 10.1. The molecule has 25 heavy (non-hydrogen) atoms. The molecule has 0 saturated carbocycles. The summed E-state index contributed by atoms with van der Waals surface area (Å²) in [4.78, 5) is 6.40. The van der Waals surface area contributed by atoms with Crippen molar-refractivity contribution < 1.29 is 8.42 Å². The lowest BCUT2D eigenvalue weighted by molar-refractivity contribution is 0.182. The molecule has 0 unspecified atom stereocenters. The summed E-state index contributed by atoms with van der Waals surface area (Å²) in [7, 11) is -3.07. The largest absolute Gasteiger partial charge is 0.354 e. The maximum absolute atomic E-state index is 11.9. The van der Waals surface area contributed by atoms with E-state index in [9.17, 15) is 8.42 Å². The average Bonchev–Trinajstić information content (AvgIpc) is 2.63. The van der Waals surface area contributed by atoms with Crippen LogP contribution in [0.4, 0.5) is 11.4 Å². The van der Waals surface area contributed by atoms with Crippen molar-refractivity contribution in [3.8, 4) is 0 Å². The molecule has 1 fully saturated rings. The highest BCUT2D eigenvalue weighted by molar-refractivity contribution is 7.89. The number of sulfonamides is 1. The maximum atomic E-state index is 11.9. The Bertz CT molecular complexity index is 788. The molecule has 0 amide bonds. The molecule has 1 N–H and O–H groups in total. The van der Waals surface area contributed by atoms with Crippen LogP contribution in [-0.2, 0) is 16.6 Å². The van der Waals surface area contributed by atoms with Gasteiger partial charge in [-0.2, -0.15) is 4.31 Å². The zero-order valence-electron chi connectivity index (χ0n) is 14.4. The van der Waals surface area contributed by atoms with Crippen LogP contribution in [0.5, 0.6) is 0 Å². The predicted octanol–water partition coefficient (Wildman–Crippen LogP) is 2.29. The van der Waals surface area contributed by atoms with Crippen molar-refractivity contribution in [1.82, 2.24) is 14.2 Å². The second-order valence-corrected chi connectivity index (χ2v) is 8.40. The maximum Gasteiger partial charge on any atom is 0.213 e. The summed E-state index contributed by atoms with van der Waals surface area (Å²) in [6.45, 7) is 5.19. The highest BCUT2D eigenvalue weighted by atomic mass is 32.2. The van der Waals surface area contributed by atoms with E-state index in [1.807, 2.05) is 24.3 Å². The highest BCUT2D eigenvalue weighted by Crippen LogP contribution is 2.18. The van der Waals surface area contributed by atoms with Gasteiger partial charge in [0, 0.05) is 44.6 Å². The second kappa shape index (κ2) is 7.95. The van der Waals surface area contributed by atoms with Crippen LogP contribution in [0.15, 0.2) is 48.8 Å². The van der Waals surface area contributed by atoms with Gasteiger partial charge in [-0.3, -0.25) is 9.88 Å². The molecule has 1 aromatic heterocycles. The molecule has 0 atom stereocenters. The third-order valence-corrected chi connectivity index (χ3v) is 6.25. The Balaban J connectivity index is 1.58. The Morgan fingerprint density at radius 2 is 1.84 bits per heavy atom. The van der Waals surface area contributed by atoms with E-state index in [-0.39, 0.29) is 5.75 Å². The first-order valence-electron chi connectivity index (χ1n) is 8.53. The number of hydrogen-bond acceptors (Lipinski definition) is 5. The molecule has 0 aliphatic carbocycles. The van der Waals surface area contributed by atoms with Crippen LogP contribution in [0.3, 0.4) is 0 Å². The zero-order valence-corrected chi connectivity index (χ0v) is 15.2. The van der Waals surface area contributed by atoms with Crippen molar-refractivity contribution in [2.75, 3.05) is 37.2 Å². The number of aromatic nitrogens is 1. The molecule has 3 rings (SSSR count). The van der Waals surface area contributed by atoms with Crippen molar-refractivity contribution in [3.05, 3.63) is 54.4 Å². The first-order chi connectivity index (χ1) is 12.1. The van der Waals surface area contributed by atoms with Gasteiger partial charge >= 0.3 is 0 Å². The number of nitrogens with one attached hydrogen (secondary N) is 1. The lowest BCUT2D eigenvalue weighted by Gasteiger charge is -2.33. The minimum Gasteiger partial charge on any atom is -0.354 e. The molecule has 1 aliphatic rings. The van der Waals surface area contributed by atoms with Gasteiger partial charge in [0.25, 0.3) is 0 Å². The van der Waals surface area contributed by atoms with Crippen LogP contribution in [-0.4, -0.2) is 54.5 Å². The smallest absolute Gasteiger partial charge is 0.213 e. The average molecular weight is 360 g/mol. The summed E-state index contributed by atoms with van der Waals surface area (Å²) >= 11 is 0. The van der Waals surface area contributed by atoms with Crippen molar-refractivity contribution in [2.24, 2.45) is 0 Å². The number of hydrogen-bond donors (Lipinski definition) is 1. The standard InChI is InChI=1S/C18H24N4O2S/c1-2-25(23,24)22-11-9-21(10-12-22)15-16-5-3-6-17(13-16)20-18-7-4-8-19-14-18/h3-8,13-14,20H,2,9-12,15H2,1H3. The third kappa shape index (κ3) is 4.78. The van der Waals surface area contributed by atoms with Gasteiger partial charge in [0.2, 0.25) is 10.0 Å². The summed E-state index contributed by atoms with van der Waals surface area (Å²) in [5.41, 5.74) is 3.19. The number of piperazine rings is 1. The summed E-state index contributed by atoms with van der Waals surface area (Å²) in [6.07, 6.45) is 3.54. The van der Waals surface area contributed by atoms with Gasteiger partial charge in [0.05, 0.1) is 17.6 Å². The van der Waals surface area contributed by atoms with E-state index in [1.54, 1.807) is 23.6 Å². The number of rotatable bonds is 6. The molecule has 1 aromatic carbocycles. The van der Waals surface area contributed by atoms with Crippen molar-refractivity contribution in [2.45, 2.75) is 13.5 Å². The van der Waals surface area contributed by atoms with E-state index in [0.29, 0.717) is 13.1 Å². The minimum atomic E-state index is -3.07.